The van der Waals surface area contributed by atoms with Crippen molar-refractivity contribution in [3.63, 3.8) is 0 Å². The molecular weight excluding hydrogens is 224 g/mol. The molecule has 0 spiro atoms. The first-order valence-electron chi connectivity index (χ1n) is 5.67. The van der Waals surface area contributed by atoms with Crippen LogP contribution in [0.2, 0.25) is 0 Å². The maximum Gasteiger partial charge on any atom is 0.266 e. The number of morpholine rings is 1. The van der Waals surface area contributed by atoms with E-state index in [0.717, 1.165) is 13.1 Å². The molecule has 0 radical (unpaired) electrons. The van der Waals surface area contributed by atoms with E-state index >= 15 is 0 Å². The van der Waals surface area contributed by atoms with E-state index in [1.54, 1.807) is 7.11 Å². The molecule has 2 rings (SSSR count). The monoisotopic (exact) mass is 242 g/mol. The fourth-order valence-corrected chi connectivity index (χ4v) is 1.60. The van der Waals surface area contributed by atoms with Crippen molar-refractivity contribution < 1.29 is 14.0 Å². The minimum Gasteiger partial charge on any atom is -0.380 e. The smallest absolute Gasteiger partial charge is 0.266 e. The zero-order valence-electron chi connectivity index (χ0n) is 10.1. The van der Waals surface area contributed by atoms with Crippen molar-refractivity contribution in [3.05, 3.63) is 5.89 Å². The van der Waals surface area contributed by atoms with Gasteiger partial charge in [-0.1, -0.05) is 0 Å². The number of hydrogen-bond acceptors (Lipinski definition) is 7. The SMILES string of the molecule is CO[C@H](C)[C@H](N)c1nc(N2CCOCC2)no1. The van der Waals surface area contributed by atoms with Crippen LogP contribution in [0.5, 0.6) is 0 Å². The predicted molar refractivity (Wildman–Crippen MR) is 60.7 cm³/mol. The average molecular weight is 242 g/mol. The predicted octanol–water partition coefficient (Wildman–Crippen LogP) is -0.0591. The number of hydrogen-bond donors (Lipinski definition) is 1. The lowest BCUT2D eigenvalue weighted by molar-refractivity contribution is 0.0848. The molecule has 0 saturated carbocycles. The molecule has 7 nitrogen and oxygen atoms in total. The highest BCUT2D eigenvalue weighted by atomic mass is 16.5. The summed E-state index contributed by atoms with van der Waals surface area (Å²) in [4.78, 5) is 6.31. The molecule has 0 amide bonds. The molecule has 1 aliphatic heterocycles. The van der Waals surface area contributed by atoms with Crippen LogP contribution in [0.4, 0.5) is 5.95 Å². The maximum absolute atomic E-state index is 5.93. The van der Waals surface area contributed by atoms with E-state index in [0.29, 0.717) is 25.1 Å². The quantitative estimate of drug-likeness (QED) is 0.791. The second kappa shape index (κ2) is 5.44. The van der Waals surface area contributed by atoms with Gasteiger partial charge in [-0.2, -0.15) is 4.98 Å². The Labute approximate surface area is 99.9 Å². The molecule has 0 unspecified atom stereocenters. The number of anilines is 1. The van der Waals surface area contributed by atoms with Gasteiger partial charge in [0.1, 0.15) is 6.04 Å². The summed E-state index contributed by atoms with van der Waals surface area (Å²) in [7, 11) is 1.60. The molecule has 1 saturated heterocycles. The van der Waals surface area contributed by atoms with Crippen LogP contribution >= 0.6 is 0 Å². The molecule has 0 aliphatic carbocycles. The highest BCUT2D eigenvalue weighted by Gasteiger charge is 2.23. The zero-order valence-corrected chi connectivity index (χ0v) is 10.1. The lowest BCUT2D eigenvalue weighted by atomic mass is 10.2. The molecule has 96 valence electrons. The van der Waals surface area contributed by atoms with E-state index in [2.05, 4.69) is 10.1 Å². The van der Waals surface area contributed by atoms with Crippen LogP contribution in [0.15, 0.2) is 4.52 Å². The largest absolute Gasteiger partial charge is 0.380 e. The zero-order chi connectivity index (χ0) is 12.3. The molecule has 0 bridgehead atoms. The van der Waals surface area contributed by atoms with E-state index in [4.69, 9.17) is 19.7 Å². The standard InChI is InChI=1S/C10H18N4O3/c1-7(15-2)8(11)9-12-10(13-17-9)14-3-5-16-6-4-14/h7-8H,3-6,11H2,1-2H3/t7-,8+/m1/s1. The third kappa shape index (κ3) is 2.74. The lowest BCUT2D eigenvalue weighted by Gasteiger charge is -2.24. The summed E-state index contributed by atoms with van der Waals surface area (Å²) in [5.41, 5.74) is 5.93. The number of methoxy groups -OCH3 is 1. The molecule has 7 heteroatoms. The Morgan fingerprint density at radius 1 is 1.41 bits per heavy atom. The van der Waals surface area contributed by atoms with E-state index in [-0.39, 0.29) is 6.10 Å². The molecule has 2 heterocycles. The van der Waals surface area contributed by atoms with Gasteiger partial charge in [0.15, 0.2) is 0 Å². The van der Waals surface area contributed by atoms with Gasteiger partial charge in [-0.05, 0) is 12.1 Å². The minimum absolute atomic E-state index is 0.159. The third-order valence-corrected chi connectivity index (χ3v) is 2.89. The maximum atomic E-state index is 5.93. The number of nitrogens with zero attached hydrogens (tertiary/aromatic N) is 3. The summed E-state index contributed by atoms with van der Waals surface area (Å²) in [6, 6.07) is -0.401. The highest BCUT2D eigenvalue weighted by molar-refractivity contribution is 5.28. The first kappa shape index (κ1) is 12.3. The van der Waals surface area contributed by atoms with Gasteiger partial charge < -0.3 is 24.6 Å². The Morgan fingerprint density at radius 3 is 2.76 bits per heavy atom. The molecule has 1 aromatic heterocycles. The van der Waals surface area contributed by atoms with Gasteiger partial charge in [0, 0.05) is 20.2 Å². The van der Waals surface area contributed by atoms with Crippen molar-refractivity contribution in [2.75, 3.05) is 38.3 Å². The van der Waals surface area contributed by atoms with Crippen molar-refractivity contribution in [1.29, 1.82) is 0 Å². The van der Waals surface area contributed by atoms with Gasteiger partial charge >= 0.3 is 0 Å². The van der Waals surface area contributed by atoms with Crippen LogP contribution < -0.4 is 10.6 Å². The van der Waals surface area contributed by atoms with Crippen molar-refractivity contribution in [2.24, 2.45) is 5.73 Å². The minimum atomic E-state index is -0.401. The summed E-state index contributed by atoms with van der Waals surface area (Å²) >= 11 is 0. The van der Waals surface area contributed by atoms with Gasteiger partial charge in [0.05, 0.1) is 19.3 Å². The summed E-state index contributed by atoms with van der Waals surface area (Å²) in [6.07, 6.45) is -0.159. The first-order chi connectivity index (χ1) is 8.22. The topological polar surface area (TPSA) is 86.6 Å². The van der Waals surface area contributed by atoms with Crippen LogP contribution in [-0.4, -0.2) is 49.7 Å². The normalized spacial score (nSPS) is 20.3. The van der Waals surface area contributed by atoms with E-state index < -0.39 is 6.04 Å². The average Bonchev–Trinajstić information content (AvgIpc) is 2.87. The summed E-state index contributed by atoms with van der Waals surface area (Å²) in [6.45, 7) is 4.78. The number of nitrogens with two attached hydrogens (primary N) is 1. The fourth-order valence-electron chi connectivity index (χ4n) is 1.60. The van der Waals surface area contributed by atoms with Crippen LogP contribution in [0.25, 0.3) is 0 Å². The Hall–Kier alpha value is -1.18. The molecular formula is C10H18N4O3. The summed E-state index contributed by atoms with van der Waals surface area (Å²) in [5.74, 6) is 0.975. The Bertz CT molecular complexity index is 335. The van der Waals surface area contributed by atoms with Gasteiger partial charge in [-0.3, -0.25) is 0 Å². The second-order valence-corrected chi connectivity index (χ2v) is 4.00. The van der Waals surface area contributed by atoms with E-state index in [1.165, 1.54) is 0 Å². The number of ether oxygens (including phenoxy) is 2. The van der Waals surface area contributed by atoms with Crippen LogP contribution in [0, 0.1) is 0 Å². The molecule has 2 atom stereocenters. The molecule has 2 N–H and O–H groups in total. The third-order valence-electron chi connectivity index (χ3n) is 2.89. The van der Waals surface area contributed by atoms with Crippen LogP contribution in [0.3, 0.4) is 0 Å². The van der Waals surface area contributed by atoms with E-state index in [9.17, 15) is 0 Å². The van der Waals surface area contributed by atoms with Crippen molar-refractivity contribution >= 4 is 5.95 Å². The van der Waals surface area contributed by atoms with Crippen molar-refractivity contribution in [1.82, 2.24) is 10.1 Å². The van der Waals surface area contributed by atoms with Gasteiger partial charge in [-0.15, -0.1) is 0 Å². The molecule has 1 aliphatic rings. The number of aromatic nitrogens is 2. The van der Waals surface area contributed by atoms with Gasteiger partial charge in [-0.25, -0.2) is 0 Å². The molecule has 17 heavy (non-hydrogen) atoms. The van der Waals surface area contributed by atoms with Crippen molar-refractivity contribution in [2.45, 2.75) is 19.1 Å². The fraction of sp³-hybridized carbons (Fsp3) is 0.800. The molecule has 1 fully saturated rings. The first-order valence-corrected chi connectivity index (χ1v) is 5.67. The molecule has 1 aromatic rings. The van der Waals surface area contributed by atoms with E-state index in [1.807, 2.05) is 11.8 Å². The Morgan fingerprint density at radius 2 is 2.12 bits per heavy atom. The van der Waals surface area contributed by atoms with Crippen molar-refractivity contribution in [3.8, 4) is 0 Å². The van der Waals surface area contributed by atoms with Crippen LogP contribution in [-0.2, 0) is 9.47 Å². The van der Waals surface area contributed by atoms with Gasteiger partial charge in [0.2, 0.25) is 5.89 Å². The molecule has 0 aromatic carbocycles. The van der Waals surface area contributed by atoms with Gasteiger partial charge in [0.25, 0.3) is 5.95 Å². The number of rotatable bonds is 4. The summed E-state index contributed by atoms with van der Waals surface area (Å²) in [5, 5.41) is 3.93. The lowest BCUT2D eigenvalue weighted by Crippen LogP contribution is -2.37. The van der Waals surface area contributed by atoms with Crippen LogP contribution in [0.1, 0.15) is 18.9 Å². The second-order valence-electron chi connectivity index (χ2n) is 4.00. The summed E-state index contributed by atoms with van der Waals surface area (Å²) < 4.78 is 15.5. The Balaban J connectivity index is 2.04. The highest BCUT2D eigenvalue weighted by Crippen LogP contribution is 2.18. The Kier molecular flexibility index (Phi) is 3.93.